The minimum atomic E-state index is 1.13. The topological polar surface area (TPSA) is 6.48 Å². The van der Waals surface area contributed by atoms with E-state index in [1.807, 2.05) is 0 Å². The van der Waals surface area contributed by atoms with E-state index in [0.29, 0.717) is 0 Å². The Kier molecular flexibility index (Phi) is 5.86. The zero-order chi connectivity index (χ0) is 25.4. The fourth-order valence-corrected chi connectivity index (χ4v) is 5.14. The number of aryl methyl sites for hydroxylation is 2. The molecule has 180 valence electrons. The molecule has 2 nitrogen and oxygen atoms in total. The van der Waals surface area contributed by atoms with Crippen LogP contribution in [0, 0.1) is 13.8 Å². The van der Waals surface area contributed by atoms with Gasteiger partial charge in [0.05, 0.1) is 5.69 Å². The number of benzene rings is 6. The van der Waals surface area contributed by atoms with Gasteiger partial charge in [-0.25, -0.2) is 0 Å². The third kappa shape index (κ3) is 4.32. The molecule has 6 aromatic rings. The number of anilines is 5. The summed E-state index contributed by atoms with van der Waals surface area (Å²) in [6.07, 6.45) is 0. The van der Waals surface area contributed by atoms with Crippen molar-refractivity contribution in [1.82, 2.24) is 0 Å². The highest BCUT2D eigenvalue weighted by Gasteiger charge is 2.16. The molecule has 6 rings (SSSR count). The van der Waals surface area contributed by atoms with Crippen LogP contribution >= 0.6 is 0 Å². The van der Waals surface area contributed by atoms with Crippen molar-refractivity contribution in [2.45, 2.75) is 13.8 Å². The first-order chi connectivity index (χ1) is 18.1. The zero-order valence-corrected chi connectivity index (χ0v) is 21.5. The Morgan fingerprint density at radius 2 is 0.811 bits per heavy atom. The first kappa shape index (κ1) is 22.9. The van der Waals surface area contributed by atoms with Crippen LogP contribution in [0.3, 0.4) is 0 Å². The second kappa shape index (κ2) is 9.48. The molecule has 0 saturated heterocycles. The van der Waals surface area contributed by atoms with E-state index >= 15 is 0 Å². The molecule has 6 aromatic carbocycles. The summed E-state index contributed by atoms with van der Waals surface area (Å²) in [4.78, 5) is 4.63. The molecular weight excluding hydrogens is 448 g/mol. The fraction of sp³-hybridized carbons (Fsp3) is 0.0857. The lowest BCUT2D eigenvalue weighted by Gasteiger charge is -2.27. The first-order valence-electron chi connectivity index (χ1n) is 12.8. The summed E-state index contributed by atoms with van der Waals surface area (Å²) in [5.41, 5.74) is 8.33. The van der Waals surface area contributed by atoms with Gasteiger partial charge in [-0.2, -0.15) is 0 Å². The predicted octanol–water partition coefficient (Wildman–Crippen LogP) is 9.85. The summed E-state index contributed by atoms with van der Waals surface area (Å²) in [7, 11) is 2.17. The highest BCUT2D eigenvalue weighted by atomic mass is 15.1. The smallest absolute Gasteiger partial charge is 0.0567 e. The number of hydrogen-bond acceptors (Lipinski definition) is 2. The van der Waals surface area contributed by atoms with Crippen LogP contribution in [0.25, 0.3) is 21.5 Å². The highest BCUT2D eigenvalue weighted by molar-refractivity contribution is 6.12. The van der Waals surface area contributed by atoms with Crippen LogP contribution in [0.5, 0.6) is 0 Å². The molecule has 0 aliphatic heterocycles. The monoisotopic (exact) mass is 478 g/mol. The van der Waals surface area contributed by atoms with Crippen molar-refractivity contribution in [2.24, 2.45) is 0 Å². The molecule has 0 unspecified atom stereocenters. The van der Waals surface area contributed by atoms with Gasteiger partial charge in [-0.1, -0.05) is 83.9 Å². The lowest BCUT2D eigenvalue weighted by Crippen LogP contribution is -2.12. The molecule has 0 atom stereocenters. The van der Waals surface area contributed by atoms with Crippen molar-refractivity contribution >= 4 is 50.0 Å². The van der Waals surface area contributed by atoms with Crippen molar-refractivity contribution in [3.05, 3.63) is 139 Å². The summed E-state index contributed by atoms with van der Waals surface area (Å²) >= 11 is 0. The van der Waals surface area contributed by atoms with Crippen LogP contribution in [0.4, 0.5) is 28.4 Å². The molecule has 2 heteroatoms. The number of fused-ring (bicyclic) bond motifs is 2. The Bertz CT molecular complexity index is 1580. The summed E-state index contributed by atoms with van der Waals surface area (Å²) in [5.74, 6) is 0. The van der Waals surface area contributed by atoms with Gasteiger partial charge in [0.15, 0.2) is 0 Å². The molecule has 0 fully saturated rings. The molecule has 0 saturated carbocycles. The predicted molar refractivity (Wildman–Crippen MR) is 160 cm³/mol. The molecule has 0 heterocycles. The Hall–Kier alpha value is -4.56. The summed E-state index contributed by atoms with van der Waals surface area (Å²) < 4.78 is 0. The lowest BCUT2D eigenvalue weighted by molar-refractivity contribution is 1.22. The van der Waals surface area contributed by atoms with E-state index in [-0.39, 0.29) is 0 Å². The maximum atomic E-state index is 2.32. The van der Waals surface area contributed by atoms with Crippen LogP contribution in [0.2, 0.25) is 0 Å². The van der Waals surface area contributed by atoms with Gasteiger partial charge in [0.2, 0.25) is 0 Å². The maximum Gasteiger partial charge on any atom is 0.0567 e. The number of rotatable bonds is 5. The molecule has 0 amide bonds. The quantitative estimate of drug-likeness (QED) is 0.227. The third-order valence-corrected chi connectivity index (χ3v) is 7.16. The van der Waals surface area contributed by atoms with Crippen molar-refractivity contribution in [3.8, 4) is 0 Å². The van der Waals surface area contributed by atoms with Gasteiger partial charge in [0, 0.05) is 40.6 Å². The zero-order valence-electron chi connectivity index (χ0n) is 21.5. The summed E-state index contributed by atoms with van der Waals surface area (Å²) in [6, 6.07) is 45.9. The van der Waals surface area contributed by atoms with Gasteiger partial charge >= 0.3 is 0 Å². The molecular formula is C35H30N2. The average molecular weight is 479 g/mol. The molecule has 37 heavy (non-hydrogen) atoms. The Balaban J connectivity index is 1.44. The van der Waals surface area contributed by atoms with Gasteiger partial charge in [-0.15, -0.1) is 0 Å². The summed E-state index contributed by atoms with van der Waals surface area (Å²) in [6.45, 7) is 4.25. The van der Waals surface area contributed by atoms with E-state index in [4.69, 9.17) is 0 Å². The SMILES string of the molecule is Cc1ccc(N(c2ccc(C)cc2)c2ccc(N(C)c3c4ccccc4cc4ccccc34)cc2)cc1. The molecule has 0 aliphatic carbocycles. The van der Waals surface area contributed by atoms with E-state index < -0.39 is 0 Å². The maximum absolute atomic E-state index is 2.32. The van der Waals surface area contributed by atoms with Gasteiger partial charge in [0.25, 0.3) is 0 Å². The molecule has 0 spiro atoms. The molecule has 0 N–H and O–H groups in total. The van der Waals surface area contributed by atoms with Crippen LogP contribution in [0.15, 0.2) is 127 Å². The van der Waals surface area contributed by atoms with Crippen molar-refractivity contribution in [1.29, 1.82) is 0 Å². The first-order valence-corrected chi connectivity index (χ1v) is 12.8. The number of nitrogens with zero attached hydrogens (tertiary/aromatic N) is 2. The second-order valence-electron chi connectivity index (χ2n) is 9.75. The minimum absolute atomic E-state index is 1.13. The average Bonchev–Trinajstić information content (AvgIpc) is 2.94. The van der Waals surface area contributed by atoms with E-state index in [1.54, 1.807) is 0 Å². The Morgan fingerprint density at radius 3 is 1.27 bits per heavy atom. The van der Waals surface area contributed by atoms with Gasteiger partial charge in [0.1, 0.15) is 0 Å². The molecule has 0 radical (unpaired) electrons. The Labute approximate surface area is 219 Å². The Morgan fingerprint density at radius 1 is 0.432 bits per heavy atom. The minimum Gasteiger partial charge on any atom is -0.344 e. The normalized spacial score (nSPS) is 11.1. The van der Waals surface area contributed by atoms with Crippen molar-refractivity contribution < 1.29 is 0 Å². The lowest BCUT2D eigenvalue weighted by atomic mass is 10.00. The third-order valence-electron chi connectivity index (χ3n) is 7.16. The van der Waals surface area contributed by atoms with Crippen LogP contribution < -0.4 is 9.80 Å². The van der Waals surface area contributed by atoms with Crippen LogP contribution in [-0.4, -0.2) is 7.05 Å². The highest BCUT2D eigenvalue weighted by Crippen LogP contribution is 2.40. The van der Waals surface area contributed by atoms with E-state index in [2.05, 4.69) is 158 Å². The van der Waals surface area contributed by atoms with Crippen LogP contribution in [-0.2, 0) is 0 Å². The second-order valence-corrected chi connectivity index (χ2v) is 9.75. The molecule has 0 bridgehead atoms. The van der Waals surface area contributed by atoms with Crippen LogP contribution in [0.1, 0.15) is 11.1 Å². The van der Waals surface area contributed by atoms with E-state index in [0.717, 1.165) is 22.7 Å². The van der Waals surface area contributed by atoms with Crippen molar-refractivity contribution in [2.75, 3.05) is 16.8 Å². The summed E-state index contributed by atoms with van der Waals surface area (Å²) in [5, 5.41) is 5.02. The van der Waals surface area contributed by atoms with E-state index in [1.165, 1.54) is 38.4 Å². The molecule has 0 aromatic heterocycles. The fourth-order valence-electron chi connectivity index (χ4n) is 5.14. The largest absolute Gasteiger partial charge is 0.344 e. The standard InChI is InChI=1S/C35H30N2/c1-25-12-16-30(17-13-25)37(31-18-14-26(2)15-19-31)32-22-20-29(21-23-32)36(3)35-33-10-6-4-8-27(33)24-28-9-5-7-11-34(28)35/h4-24H,1-3H3. The van der Waals surface area contributed by atoms with Crippen molar-refractivity contribution in [3.63, 3.8) is 0 Å². The van der Waals surface area contributed by atoms with Gasteiger partial charge < -0.3 is 9.80 Å². The van der Waals surface area contributed by atoms with Gasteiger partial charge in [-0.3, -0.25) is 0 Å². The van der Waals surface area contributed by atoms with E-state index in [9.17, 15) is 0 Å². The van der Waals surface area contributed by atoms with Gasteiger partial charge in [-0.05, 0) is 79.2 Å². The number of hydrogen-bond donors (Lipinski definition) is 0. The molecule has 0 aliphatic rings.